The van der Waals surface area contributed by atoms with E-state index in [1.54, 1.807) is 0 Å². The van der Waals surface area contributed by atoms with Crippen LogP contribution in [-0.4, -0.2) is 30.9 Å². The van der Waals surface area contributed by atoms with Gasteiger partial charge >= 0.3 is 0 Å². The lowest BCUT2D eigenvalue weighted by Gasteiger charge is -2.13. The molecular formula is C22H22N4O2. The number of aryl methyl sites for hydroxylation is 1. The minimum atomic E-state index is -0.324. The van der Waals surface area contributed by atoms with Crippen molar-refractivity contribution in [3.05, 3.63) is 83.7 Å². The van der Waals surface area contributed by atoms with Gasteiger partial charge in [0.05, 0.1) is 11.1 Å². The van der Waals surface area contributed by atoms with Crippen LogP contribution in [0.25, 0.3) is 0 Å². The summed E-state index contributed by atoms with van der Waals surface area (Å²) in [5, 5.41) is 5.62. The number of benzene rings is 2. The molecule has 1 aromatic heterocycles. The van der Waals surface area contributed by atoms with Gasteiger partial charge in [-0.25, -0.2) is 0 Å². The number of carbonyl (C=O) groups is 2. The minimum Gasteiger partial charge on any atom is -0.378 e. The molecule has 0 fully saturated rings. The molecule has 0 bridgehead atoms. The monoisotopic (exact) mass is 374 g/mol. The Morgan fingerprint density at radius 2 is 1.25 bits per heavy atom. The highest BCUT2D eigenvalue weighted by atomic mass is 16.2. The molecule has 6 nitrogen and oxygen atoms in total. The van der Waals surface area contributed by atoms with E-state index in [0.717, 1.165) is 11.3 Å². The summed E-state index contributed by atoms with van der Waals surface area (Å²) in [6.07, 6.45) is 2.87. The number of pyridine rings is 1. The Bertz CT molecular complexity index is 980. The topological polar surface area (TPSA) is 74.3 Å². The molecule has 1 heterocycles. The van der Waals surface area contributed by atoms with Gasteiger partial charge in [0.2, 0.25) is 0 Å². The maximum Gasteiger partial charge on any atom is 0.257 e. The van der Waals surface area contributed by atoms with Crippen LogP contribution in [0.2, 0.25) is 0 Å². The summed E-state index contributed by atoms with van der Waals surface area (Å²) in [5.74, 6) is -0.642. The number of rotatable bonds is 5. The first-order valence-electron chi connectivity index (χ1n) is 8.84. The zero-order valence-electron chi connectivity index (χ0n) is 16.1. The van der Waals surface area contributed by atoms with Crippen molar-refractivity contribution in [3.8, 4) is 0 Å². The highest BCUT2D eigenvalue weighted by Gasteiger charge is 2.12. The number of amides is 2. The number of hydrogen-bond acceptors (Lipinski definition) is 4. The van der Waals surface area contributed by atoms with Crippen molar-refractivity contribution in [1.29, 1.82) is 0 Å². The summed E-state index contributed by atoms with van der Waals surface area (Å²) >= 11 is 0. The van der Waals surface area contributed by atoms with Crippen LogP contribution in [0.15, 0.2) is 67.0 Å². The van der Waals surface area contributed by atoms with Gasteiger partial charge in [-0.2, -0.15) is 0 Å². The molecule has 0 saturated heterocycles. The molecule has 0 radical (unpaired) electrons. The lowest BCUT2D eigenvalue weighted by atomic mass is 10.1. The first-order valence-corrected chi connectivity index (χ1v) is 8.84. The Morgan fingerprint density at radius 1 is 0.786 bits per heavy atom. The summed E-state index contributed by atoms with van der Waals surface area (Å²) in [4.78, 5) is 31.0. The normalized spacial score (nSPS) is 10.2. The molecule has 6 heteroatoms. The second-order valence-electron chi connectivity index (χ2n) is 6.68. The Morgan fingerprint density at radius 3 is 1.71 bits per heavy atom. The Hall–Kier alpha value is -3.67. The molecule has 0 aliphatic carbocycles. The number of carbonyl (C=O) groups excluding carboxylic acids is 2. The number of nitrogens with one attached hydrogen (secondary N) is 2. The van der Waals surface area contributed by atoms with E-state index in [9.17, 15) is 9.59 Å². The van der Waals surface area contributed by atoms with E-state index in [1.165, 1.54) is 18.5 Å². The molecule has 0 aliphatic heterocycles. The Labute approximate surface area is 164 Å². The van der Waals surface area contributed by atoms with Gasteiger partial charge in [0.25, 0.3) is 11.8 Å². The fraction of sp³-hybridized carbons (Fsp3) is 0.136. The third-order valence-corrected chi connectivity index (χ3v) is 4.21. The predicted molar refractivity (Wildman–Crippen MR) is 112 cm³/mol. The third-order valence-electron chi connectivity index (χ3n) is 4.21. The van der Waals surface area contributed by atoms with E-state index in [1.807, 2.05) is 74.4 Å². The fourth-order valence-electron chi connectivity index (χ4n) is 2.57. The number of nitrogens with zero attached hydrogens (tertiary/aromatic N) is 2. The van der Waals surface area contributed by atoms with Crippen LogP contribution in [-0.2, 0) is 0 Å². The summed E-state index contributed by atoms with van der Waals surface area (Å²) < 4.78 is 0. The van der Waals surface area contributed by atoms with E-state index in [2.05, 4.69) is 15.6 Å². The first-order chi connectivity index (χ1) is 13.4. The second-order valence-corrected chi connectivity index (χ2v) is 6.68. The number of aromatic nitrogens is 1. The molecule has 3 aromatic rings. The summed E-state index contributed by atoms with van der Waals surface area (Å²) in [6, 6.07) is 16.5. The van der Waals surface area contributed by atoms with Crippen molar-refractivity contribution in [2.75, 3.05) is 29.6 Å². The zero-order valence-corrected chi connectivity index (χ0v) is 16.1. The van der Waals surface area contributed by atoms with Crippen LogP contribution in [0.3, 0.4) is 0 Å². The molecule has 0 spiro atoms. The van der Waals surface area contributed by atoms with E-state index in [4.69, 9.17) is 0 Å². The van der Waals surface area contributed by atoms with Gasteiger partial charge in [-0.1, -0.05) is 17.7 Å². The lowest BCUT2D eigenvalue weighted by molar-refractivity contribution is 0.102. The fourth-order valence-corrected chi connectivity index (χ4v) is 2.57. The minimum absolute atomic E-state index is 0.313. The van der Waals surface area contributed by atoms with Crippen molar-refractivity contribution >= 4 is 28.9 Å². The van der Waals surface area contributed by atoms with Crippen LogP contribution in [0, 0.1) is 6.92 Å². The predicted octanol–water partition coefficient (Wildman–Crippen LogP) is 3.96. The molecule has 0 aliphatic rings. The Balaban J connectivity index is 1.70. The highest BCUT2D eigenvalue weighted by molar-refractivity contribution is 6.08. The molecule has 0 unspecified atom stereocenters. The quantitative estimate of drug-likeness (QED) is 0.709. The van der Waals surface area contributed by atoms with Crippen LogP contribution in [0.5, 0.6) is 0 Å². The molecule has 2 N–H and O–H groups in total. The molecule has 2 amide bonds. The zero-order chi connectivity index (χ0) is 20.1. The average molecular weight is 374 g/mol. The van der Waals surface area contributed by atoms with Gasteiger partial charge in [-0.3, -0.25) is 14.6 Å². The molecule has 3 rings (SSSR count). The van der Waals surface area contributed by atoms with E-state index in [-0.39, 0.29) is 11.8 Å². The molecular weight excluding hydrogens is 352 g/mol. The SMILES string of the molecule is Cc1ccc(NC(=O)c2cncc(C(=O)Nc3ccc(N(C)C)cc3)c2)cc1. The van der Waals surface area contributed by atoms with Crippen molar-refractivity contribution in [3.63, 3.8) is 0 Å². The maximum atomic E-state index is 12.5. The van der Waals surface area contributed by atoms with Crippen molar-refractivity contribution in [2.24, 2.45) is 0 Å². The highest BCUT2D eigenvalue weighted by Crippen LogP contribution is 2.17. The van der Waals surface area contributed by atoms with E-state index >= 15 is 0 Å². The Kier molecular flexibility index (Phi) is 5.69. The van der Waals surface area contributed by atoms with Crippen LogP contribution in [0.1, 0.15) is 26.3 Å². The maximum absolute atomic E-state index is 12.5. The van der Waals surface area contributed by atoms with Gasteiger partial charge in [-0.15, -0.1) is 0 Å². The van der Waals surface area contributed by atoms with Gasteiger partial charge in [-0.05, 0) is 49.4 Å². The average Bonchev–Trinajstić information content (AvgIpc) is 2.70. The molecule has 2 aromatic carbocycles. The lowest BCUT2D eigenvalue weighted by Crippen LogP contribution is -2.16. The van der Waals surface area contributed by atoms with Crippen LogP contribution in [0.4, 0.5) is 17.1 Å². The summed E-state index contributed by atoms with van der Waals surface area (Å²) in [6.45, 7) is 1.98. The van der Waals surface area contributed by atoms with Crippen LogP contribution >= 0.6 is 0 Å². The molecule has 28 heavy (non-hydrogen) atoms. The second kappa shape index (κ2) is 8.35. The van der Waals surface area contributed by atoms with Crippen molar-refractivity contribution in [1.82, 2.24) is 4.98 Å². The summed E-state index contributed by atoms with van der Waals surface area (Å²) in [7, 11) is 3.90. The van der Waals surface area contributed by atoms with Gasteiger partial charge in [0.15, 0.2) is 0 Å². The van der Waals surface area contributed by atoms with E-state index < -0.39 is 0 Å². The number of hydrogen-bond donors (Lipinski definition) is 2. The third kappa shape index (κ3) is 4.73. The van der Waals surface area contributed by atoms with E-state index in [0.29, 0.717) is 22.5 Å². The first kappa shape index (κ1) is 19.1. The van der Waals surface area contributed by atoms with Crippen molar-refractivity contribution in [2.45, 2.75) is 6.92 Å². The van der Waals surface area contributed by atoms with Gasteiger partial charge < -0.3 is 15.5 Å². The largest absolute Gasteiger partial charge is 0.378 e. The molecule has 0 saturated carbocycles. The van der Waals surface area contributed by atoms with Gasteiger partial charge in [0.1, 0.15) is 0 Å². The summed E-state index contributed by atoms with van der Waals surface area (Å²) in [5.41, 5.74) is 4.13. The smallest absolute Gasteiger partial charge is 0.257 e. The van der Waals surface area contributed by atoms with Crippen LogP contribution < -0.4 is 15.5 Å². The molecule has 142 valence electrons. The standard InChI is InChI=1S/C22H22N4O2/c1-15-4-6-18(7-5-15)24-21(27)16-12-17(14-23-13-16)22(28)25-19-8-10-20(11-9-19)26(2)3/h4-14H,1-3H3,(H,24,27)(H,25,28). The number of anilines is 3. The van der Waals surface area contributed by atoms with Gasteiger partial charge in [0, 0.05) is 43.6 Å². The van der Waals surface area contributed by atoms with Crippen molar-refractivity contribution < 1.29 is 9.59 Å². The molecule has 0 atom stereocenters.